The van der Waals surface area contributed by atoms with Crippen LogP contribution in [-0.2, 0) is 23.9 Å². The van der Waals surface area contributed by atoms with Crippen molar-refractivity contribution in [3.05, 3.63) is 25.3 Å². The molecule has 0 aliphatic rings. The van der Waals surface area contributed by atoms with Crippen molar-refractivity contribution < 1.29 is 23.9 Å². The molecule has 128 valence electrons. The summed E-state index contributed by atoms with van der Waals surface area (Å²) >= 11 is 0. The fourth-order valence-electron chi connectivity index (χ4n) is 0.376. The Hall–Kier alpha value is -2.24. The topological polar surface area (TPSA) is 104 Å². The number of ether oxygens (including phenoxy) is 1. The van der Waals surface area contributed by atoms with Gasteiger partial charge in [-0.15, -0.1) is 0 Å². The molecule has 6 heteroatoms. The number of Topliss-reactive ketones (excluding diaryl/α,β-unsaturated/α-hetero) is 2. The van der Waals surface area contributed by atoms with E-state index in [1.165, 1.54) is 33.8 Å². The van der Waals surface area contributed by atoms with Crippen LogP contribution < -0.4 is 5.73 Å². The SMILES string of the molecule is C=CC(=O)OCCCC.C=CC(N)=O.CC(C)=O.CC(C)=O. The minimum atomic E-state index is -0.481. The molecule has 0 atom stereocenters. The fraction of sp³-hybridized carbons (Fsp3) is 0.500. The van der Waals surface area contributed by atoms with Crippen LogP contribution in [0.25, 0.3) is 0 Å². The van der Waals surface area contributed by atoms with Crippen LogP contribution in [0.1, 0.15) is 47.5 Å². The lowest BCUT2D eigenvalue weighted by atomic mass is 10.4. The highest BCUT2D eigenvalue weighted by Gasteiger charge is 1.91. The molecule has 0 unspecified atom stereocenters. The van der Waals surface area contributed by atoms with E-state index in [-0.39, 0.29) is 17.5 Å². The largest absolute Gasteiger partial charge is 0.463 e. The molecule has 0 aliphatic carbocycles. The van der Waals surface area contributed by atoms with Gasteiger partial charge < -0.3 is 20.1 Å². The first kappa shape index (κ1) is 28.0. The third-order valence-electron chi connectivity index (χ3n) is 1.11. The molecule has 0 rings (SSSR count). The van der Waals surface area contributed by atoms with Gasteiger partial charge in [0.1, 0.15) is 11.6 Å². The Morgan fingerprint density at radius 3 is 1.45 bits per heavy atom. The number of amides is 1. The van der Waals surface area contributed by atoms with Crippen molar-refractivity contribution >= 4 is 23.4 Å². The van der Waals surface area contributed by atoms with Crippen molar-refractivity contribution in [2.75, 3.05) is 6.61 Å². The van der Waals surface area contributed by atoms with Crippen LogP contribution in [0.3, 0.4) is 0 Å². The van der Waals surface area contributed by atoms with Gasteiger partial charge >= 0.3 is 5.97 Å². The number of rotatable bonds is 5. The van der Waals surface area contributed by atoms with E-state index in [1.807, 2.05) is 6.92 Å². The Kier molecular flexibility index (Phi) is 30.3. The van der Waals surface area contributed by atoms with E-state index in [4.69, 9.17) is 0 Å². The van der Waals surface area contributed by atoms with Gasteiger partial charge in [0.2, 0.25) is 5.91 Å². The Morgan fingerprint density at radius 2 is 1.27 bits per heavy atom. The summed E-state index contributed by atoms with van der Waals surface area (Å²) in [6, 6.07) is 0. The number of primary amides is 1. The molecule has 22 heavy (non-hydrogen) atoms. The molecule has 0 bridgehead atoms. The molecule has 0 radical (unpaired) electrons. The molecule has 0 saturated heterocycles. The molecule has 0 aromatic heterocycles. The van der Waals surface area contributed by atoms with Crippen LogP contribution in [-0.4, -0.2) is 30.0 Å². The number of nitrogens with two attached hydrogens (primary N) is 1. The maximum absolute atomic E-state index is 10.3. The van der Waals surface area contributed by atoms with Crippen molar-refractivity contribution in [3.63, 3.8) is 0 Å². The monoisotopic (exact) mass is 315 g/mol. The summed E-state index contributed by atoms with van der Waals surface area (Å²) in [6.07, 6.45) is 4.21. The van der Waals surface area contributed by atoms with Crippen molar-refractivity contribution in [3.8, 4) is 0 Å². The molecule has 1 amide bonds. The number of carbonyl (C=O) groups excluding carboxylic acids is 4. The van der Waals surface area contributed by atoms with Crippen LogP contribution >= 0.6 is 0 Å². The molecule has 0 aromatic rings. The minimum Gasteiger partial charge on any atom is -0.463 e. The molecule has 0 saturated carbocycles. The molecule has 6 nitrogen and oxygen atoms in total. The van der Waals surface area contributed by atoms with Gasteiger partial charge in [-0.1, -0.05) is 26.5 Å². The predicted octanol–water partition coefficient (Wildman–Crippen LogP) is 2.36. The van der Waals surface area contributed by atoms with E-state index in [0.29, 0.717) is 6.61 Å². The number of unbranched alkanes of at least 4 members (excludes halogenated alkanes) is 1. The lowest BCUT2D eigenvalue weighted by Gasteiger charge is -1.97. The highest BCUT2D eigenvalue weighted by molar-refractivity contribution is 5.85. The summed E-state index contributed by atoms with van der Waals surface area (Å²) in [6.45, 7) is 15.0. The van der Waals surface area contributed by atoms with Crippen LogP contribution in [0.15, 0.2) is 25.3 Å². The molecular formula is C16H29NO5. The third kappa shape index (κ3) is 109. The predicted molar refractivity (Wildman–Crippen MR) is 88.2 cm³/mol. The van der Waals surface area contributed by atoms with E-state index >= 15 is 0 Å². The second kappa shape index (κ2) is 23.8. The van der Waals surface area contributed by atoms with Crippen molar-refractivity contribution in [1.82, 2.24) is 0 Å². The van der Waals surface area contributed by atoms with E-state index in [0.717, 1.165) is 18.9 Å². The summed E-state index contributed by atoms with van der Waals surface area (Å²) in [5.74, 6) is -0.478. The minimum absolute atomic E-state index is 0.167. The normalized spacial score (nSPS) is 7.32. The smallest absolute Gasteiger partial charge is 0.330 e. The maximum Gasteiger partial charge on any atom is 0.330 e. The average Bonchev–Trinajstić information content (AvgIpc) is 2.38. The maximum atomic E-state index is 10.3. The van der Waals surface area contributed by atoms with Crippen LogP contribution in [0.4, 0.5) is 0 Å². The number of carbonyl (C=O) groups is 4. The zero-order chi connectivity index (χ0) is 18.6. The van der Waals surface area contributed by atoms with Gasteiger partial charge in [-0.2, -0.15) is 0 Å². The standard InChI is InChI=1S/C7H12O2.C3H5NO.2C3H6O/c1-3-5-6-9-7(8)4-2;1-2-3(4)5;2*1-3(2)4/h4H,2-3,5-6H2,1H3;2H,1H2,(H2,4,5);2*1-2H3. The van der Waals surface area contributed by atoms with Gasteiger partial charge in [-0.3, -0.25) is 4.79 Å². The summed E-state index contributed by atoms with van der Waals surface area (Å²) in [7, 11) is 0. The van der Waals surface area contributed by atoms with Crippen molar-refractivity contribution in [1.29, 1.82) is 0 Å². The fourth-order valence-corrected chi connectivity index (χ4v) is 0.376. The van der Waals surface area contributed by atoms with Crippen molar-refractivity contribution in [2.24, 2.45) is 5.73 Å². The number of ketones is 2. The highest BCUT2D eigenvalue weighted by atomic mass is 16.5. The van der Waals surface area contributed by atoms with E-state index in [1.54, 1.807) is 0 Å². The van der Waals surface area contributed by atoms with Crippen molar-refractivity contribution in [2.45, 2.75) is 47.5 Å². The number of hydrogen-bond donors (Lipinski definition) is 1. The first-order valence-corrected chi connectivity index (χ1v) is 6.70. The van der Waals surface area contributed by atoms with E-state index in [9.17, 15) is 19.2 Å². The van der Waals surface area contributed by atoms with Crippen LogP contribution in [0.2, 0.25) is 0 Å². The van der Waals surface area contributed by atoms with Gasteiger partial charge in [0.25, 0.3) is 0 Å². The molecule has 0 aliphatic heterocycles. The number of esters is 1. The lowest BCUT2D eigenvalue weighted by molar-refractivity contribution is -0.137. The first-order chi connectivity index (χ1) is 10.0. The lowest BCUT2D eigenvalue weighted by Crippen LogP contribution is -2.04. The highest BCUT2D eigenvalue weighted by Crippen LogP contribution is 1.88. The van der Waals surface area contributed by atoms with Gasteiger partial charge in [-0.05, 0) is 40.2 Å². The second-order valence-electron chi connectivity index (χ2n) is 4.15. The van der Waals surface area contributed by atoms with E-state index in [2.05, 4.69) is 23.6 Å². The quantitative estimate of drug-likeness (QED) is 0.476. The second-order valence-corrected chi connectivity index (χ2v) is 4.15. The zero-order valence-corrected chi connectivity index (χ0v) is 14.3. The Bertz CT molecular complexity index is 328. The molecule has 2 N–H and O–H groups in total. The molecule has 0 fully saturated rings. The van der Waals surface area contributed by atoms with Crippen LogP contribution in [0.5, 0.6) is 0 Å². The van der Waals surface area contributed by atoms with Gasteiger partial charge in [0.05, 0.1) is 6.61 Å². The Balaban J connectivity index is -0.000000107. The van der Waals surface area contributed by atoms with Gasteiger partial charge in [-0.25, -0.2) is 4.79 Å². The van der Waals surface area contributed by atoms with Crippen LogP contribution in [0, 0.1) is 0 Å². The molecular weight excluding hydrogens is 286 g/mol. The number of hydrogen-bond acceptors (Lipinski definition) is 5. The average molecular weight is 315 g/mol. The molecule has 0 spiro atoms. The third-order valence-corrected chi connectivity index (χ3v) is 1.11. The molecule has 0 heterocycles. The summed E-state index contributed by atoms with van der Waals surface area (Å²) in [5, 5.41) is 0. The summed E-state index contributed by atoms with van der Waals surface area (Å²) in [4.78, 5) is 38.7. The Morgan fingerprint density at radius 1 is 0.955 bits per heavy atom. The Labute approximate surface area is 133 Å². The van der Waals surface area contributed by atoms with E-state index < -0.39 is 5.91 Å². The van der Waals surface area contributed by atoms with Gasteiger partial charge in [0, 0.05) is 6.08 Å². The van der Waals surface area contributed by atoms with Gasteiger partial charge in [0.15, 0.2) is 0 Å². The summed E-state index contributed by atoms with van der Waals surface area (Å²) < 4.78 is 4.67. The molecule has 0 aromatic carbocycles. The first-order valence-electron chi connectivity index (χ1n) is 6.70. The summed E-state index contributed by atoms with van der Waals surface area (Å²) in [5.41, 5.74) is 4.53. The zero-order valence-electron chi connectivity index (χ0n) is 14.3.